The van der Waals surface area contributed by atoms with Crippen molar-refractivity contribution in [1.29, 1.82) is 0 Å². The summed E-state index contributed by atoms with van der Waals surface area (Å²) < 4.78 is 43.7. The number of amides is 1. The second kappa shape index (κ2) is 10.2. The molecule has 1 amide bonds. The number of anilines is 1. The molecule has 168 valence electrons. The van der Waals surface area contributed by atoms with Crippen LogP contribution in [0, 0.1) is 0 Å². The molecular formula is C23H24N2O6S. The molecule has 3 aromatic carbocycles. The summed E-state index contributed by atoms with van der Waals surface area (Å²) in [6.45, 7) is 1.46. The molecule has 0 radical (unpaired) electrons. The first kappa shape index (κ1) is 23.1. The quantitative estimate of drug-likeness (QED) is 0.508. The second-order valence-electron chi connectivity index (χ2n) is 6.79. The summed E-state index contributed by atoms with van der Waals surface area (Å²) in [6, 6.07) is 19.2. The van der Waals surface area contributed by atoms with Crippen LogP contribution in [-0.4, -0.2) is 34.6 Å². The van der Waals surface area contributed by atoms with E-state index in [0.29, 0.717) is 22.9 Å². The van der Waals surface area contributed by atoms with Crippen LogP contribution >= 0.6 is 0 Å². The molecular weight excluding hydrogens is 432 g/mol. The number of hydrogen-bond acceptors (Lipinski definition) is 6. The lowest BCUT2D eigenvalue weighted by molar-refractivity contribution is -0.117. The van der Waals surface area contributed by atoms with Crippen molar-refractivity contribution < 1.29 is 27.4 Å². The van der Waals surface area contributed by atoms with Gasteiger partial charge in [-0.3, -0.25) is 4.79 Å². The molecule has 0 heterocycles. The fourth-order valence-electron chi connectivity index (χ4n) is 2.82. The van der Waals surface area contributed by atoms with E-state index in [1.54, 1.807) is 24.3 Å². The van der Waals surface area contributed by atoms with Gasteiger partial charge in [-0.05, 0) is 55.5 Å². The molecule has 0 saturated carbocycles. The maximum Gasteiger partial charge on any atom is 0.242 e. The molecule has 2 N–H and O–H groups in total. The first-order valence-corrected chi connectivity index (χ1v) is 11.2. The first-order chi connectivity index (χ1) is 15.3. The largest absolute Gasteiger partial charge is 0.493 e. The maximum atomic E-state index is 12.7. The topological polar surface area (TPSA) is 103 Å². The summed E-state index contributed by atoms with van der Waals surface area (Å²) in [5.41, 5.74) is 0.507. The Labute approximate surface area is 187 Å². The predicted octanol–water partition coefficient (Wildman–Crippen LogP) is 3.80. The van der Waals surface area contributed by atoms with Crippen molar-refractivity contribution in [2.75, 3.05) is 19.5 Å². The molecule has 8 nitrogen and oxygen atoms in total. The Morgan fingerprint density at radius 1 is 0.844 bits per heavy atom. The average molecular weight is 457 g/mol. The Hall–Kier alpha value is -3.56. The van der Waals surface area contributed by atoms with E-state index in [4.69, 9.17) is 14.2 Å². The zero-order chi connectivity index (χ0) is 23.1. The molecule has 32 heavy (non-hydrogen) atoms. The van der Waals surface area contributed by atoms with Gasteiger partial charge in [0.1, 0.15) is 11.5 Å². The van der Waals surface area contributed by atoms with Gasteiger partial charge >= 0.3 is 0 Å². The van der Waals surface area contributed by atoms with Crippen LogP contribution in [0.3, 0.4) is 0 Å². The van der Waals surface area contributed by atoms with Crippen molar-refractivity contribution in [1.82, 2.24) is 4.72 Å². The number of carbonyl (C=O) groups excluding carboxylic acids is 1. The summed E-state index contributed by atoms with van der Waals surface area (Å²) in [5, 5.41) is 2.68. The van der Waals surface area contributed by atoms with E-state index < -0.39 is 22.0 Å². The first-order valence-electron chi connectivity index (χ1n) is 9.70. The predicted molar refractivity (Wildman–Crippen MR) is 121 cm³/mol. The summed E-state index contributed by atoms with van der Waals surface area (Å²) in [4.78, 5) is 12.5. The van der Waals surface area contributed by atoms with Gasteiger partial charge in [-0.2, -0.15) is 4.72 Å². The van der Waals surface area contributed by atoms with Crippen molar-refractivity contribution in [3.63, 3.8) is 0 Å². The van der Waals surface area contributed by atoms with Crippen molar-refractivity contribution in [3.05, 3.63) is 72.8 Å². The average Bonchev–Trinajstić information content (AvgIpc) is 2.80. The van der Waals surface area contributed by atoms with Crippen LogP contribution in [0.25, 0.3) is 0 Å². The zero-order valence-corrected chi connectivity index (χ0v) is 18.7. The normalized spacial score (nSPS) is 12.0. The van der Waals surface area contributed by atoms with Gasteiger partial charge in [0.05, 0.1) is 25.2 Å². The molecule has 3 rings (SSSR count). The number of ether oxygens (including phenoxy) is 3. The number of benzene rings is 3. The van der Waals surface area contributed by atoms with E-state index in [0.717, 1.165) is 0 Å². The molecule has 0 bridgehead atoms. The van der Waals surface area contributed by atoms with E-state index in [2.05, 4.69) is 10.0 Å². The van der Waals surface area contributed by atoms with E-state index in [9.17, 15) is 13.2 Å². The third-order valence-corrected chi connectivity index (χ3v) is 6.03. The van der Waals surface area contributed by atoms with Crippen LogP contribution in [0.2, 0.25) is 0 Å². The Balaban J connectivity index is 1.63. The van der Waals surface area contributed by atoms with E-state index in [1.807, 2.05) is 30.3 Å². The second-order valence-corrected chi connectivity index (χ2v) is 8.50. The maximum absolute atomic E-state index is 12.7. The number of carbonyl (C=O) groups is 1. The standard InChI is InChI=1S/C23H24N2O6S/c1-16(25-32(27,28)20-13-14-21(29-2)22(15-20)30-3)23(26)24-17-9-11-19(12-10-17)31-18-7-5-4-6-8-18/h4-16,25H,1-3H3,(H,24,26)/t16-/m0/s1. The Morgan fingerprint density at radius 2 is 1.47 bits per heavy atom. The minimum atomic E-state index is -3.96. The van der Waals surface area contributed by atoms with Crippen LogP contribution in [0.15, 0.2) is 77.7 Å². The highest BCUT2D eigenvalue weighted by Gasteiger charge is 2.23. The van der Waals surface area contributed by atoms with Gasteiger partial charge < -0.3 is 19.5 Å². The lowest BCUT2D eigenvalue weighted by Gasteiger charge is -2.16. The van der Waals surface area contributed by atoms with Gasteiger partial charge in [-0.1, -0.05) is 18.2 Å². The molecule has 0 aliphatic carbocycles. The molecule has 3 aromatic rings. The summed E-state index contributed by atoms with van der Waals surface area (Å²) in [7, 11) is -1.10. The highest BCUT2D eigenvalue weighted by atomic mass is 32.2. The van der Waals surface area contributed by atoms with Crippen molar-refractivity contribution >= 4 is 21.6 Å². The van der Waals surface area contributed by atoms with Crippen molar-refractivity contribution in [2.24, 2.45) is 0 Å². The molecule has 9 heteroatoms. The van der Waals surface area contributed by atoms with Crippen LogP contribution in [0.4, 0.5) is 5.69 Å². The number of nitrogens with one attached hydrogen (secondary N) is 2. The molecule has 0 spiro atoms. The van der Waals surface area contributed by atoms with Gasteiger partial charge in [0.2, 0.25) is 15.9 Å². The molecule has 0 fully saturated rings. The SMILES string of the molecule is COc1ccc(S(=O)(=O)N[C@@H](C)C(=O)Nc2ccc(Oc3ccccc3)cc2)cc1OC. The summed E-state index contributed by atoms with van der Waals surface area (Å²) >= 11 is 0. The number of rotatable bonds is 9. The molecule has 0 aromatic heterocycles. The molecule has 0 aliphatic heterocycles. The van der Waals surface area contributed by atoms with Crippen molar-refractivity contribution in [2.45, 2.75) is 17.9 Å². The fraction of sp³-hybridized carbons (Fsp3) is 0.174. The van der Waals surface area contributed by atoms with Gasteiger partial charge in [0.15, 0.2) is 11.5 Å². The van der Waals surface area contributed by atoms with Crippen LogP contribution < -0.4 is 24.2 Å². The van der Waals surface area contributed by atoms with Gasteiger partial charge in [-0.25, -0.2) is 8.42 Å². The smallest absolute Gasteiger partial charge is 0.242 e. The Morgan fingerprint density at radius 3 is 2.09 bits per heavy atom. The fourth-order valence-corrected chi connectivity index (χ4v) is 4.04. The monoisotopic (exact) mass is 456 g/mol. The molecule has 0 unspecified atom stereocenters. The third kappa shape index (κ3) is 5.77. The highest BCUT2D eigenvalue weighted by molar-refractivity contribution is 7.89. The number of hydrogen-bond donors (Lipinski definition) is 2. The Kier molecular flexibility index (Phi) is 7.34. The minimum absolute atomic E-state index is 0.0442. The van der Waals surface area contributed by atoms with Crippen LogP contribution in [0.5, 0.6) is 23.0 Å². The summed E-state index contributed by atoms with van der Waals surface area (Å²) in [5.74, 6) is 1.46. The third-order valence-electron chi connectivity index (χ3n) is 4.49. The van der Waals surface area contributed by atoms with Crippen LogP contribution in [-0.2, 0) is 14.8 Å². The number of methoxy groups -OCH3 is 2. The lowest BCUT2D eigenvalue weighted by atomic mass is 10.2. The highest BCUT2D eigenvalue weighted by Crippen LogP contribution is 2.29. The summed E-state index contributed by atoms with van der Waals surface area (Å²) in [6.07, 6.45) is 0. The van der Waals surface area contributed by atoms with Gasteiger partial charge in [-0.15, -0.1) is 0 Å². The van der Waals surface area contributed by atoms with Crippen molar-refractivity contribution in [3.8, 4) is 23.0 Å². The van der Waals surface area contributed by atoms with E-state index >= 15 is 0 Å². The van der Waals surface area contributed by atoms with Gasteiger partial charge in [0.25, 0.3) is 0 Å². The number of sulfonamides is 1. The molecule has 1 atom stereocenters. The minimum Gasteiger partial charge on any atom is -0.493 e. The molecule has 0 saturated heterocycles. The molecule has 0 aliphatic rings. The van der Waals surface area contributed by atoms with Gasteiger partial charge in [0, 0.05) is 11.8 Å². The lowest BCUT2D eigenvalue weighted by Crippen LogP contribution is -2.41. The van der Waals surface area contributed by atoms with E-state index in [-0.39, 0.29) is 10.6 Å². The van der Waals surface area contributed by atoms with Crippen LogP contribution in [0.1, 0.15) is 6.92 Å². The number of para-hydroxylation sites is 1. The zero-order valence-electron chi connectivity index (χ0n) is 17.9. The van der Waals surface area contributed by atoms with E-state index in [1.165, 1.54) is 39.3 Å². The Bertz CT molecular complexity index is 1160.